The predicted molar refractivity (Wildman–Crippen MR) is 70.9 cm³/mol. The van der Waals surface area contributed by atoms with Crippen LogP contribution in [0.3, 0.4) is 0 Å². The second-order valence-electron chi connectivity index (χ2n) is 5.25. The molecule has 0 radical (unpaired) electrons. The maximum atomic E-state index is 13.4. The van der Waals surface area contributed by atoms with Crippen molar-refractivity contribution in [1.82, 2.24) is 4.90 Å². The fourth-order valence-corrected chi connectivity index (χ4v) is 2.84. The van der Waals surface area contributed by atoms with Crippen LogP contribution in [0, 0.1) is 17.5 Å². The van der Waals surface area contributed by atoms with Gasteiger partial charge < -0.3 is 4.90 Å². The Morgan fingerprint density at radius 3 is 2.40 bits per heavy atom. The van der Waals surface area contributed by atoms with Gasteiger partial charge in [-0.2, -0.15) is 0 Å². The third-order valence-electron chi connectivity index (χ3n) is 3.77. The molecule has 4 heteroatoms. The average molecular weight is 277 g/mol. The molecule has 1 nitrogen and oxygen atoms in total. The topological polar surface area (TPSA) is 3.24 Å². The molecule has 3 rings (SSSR count). The lowest BCUT2D eigenvalue weighted by Gasteiger charge is -2.32. The molecule has 0 fully saturated rings. The highest BCUT2D eigenvalue weighted by molar-refractivity contribution is 5.40. The van der Waals surface area contributed by atoms with E-state index in [-0.39, 0.29) is 5.92 Å². The van der Waals surface area contributed by atoms with Crippen LogP contribution in [0.1, 0.15) is 22.6 Å². The molecular weight excluding hydrogens is 263 g/mol. The summed E-state index contributed by atoms with van der Waals surface area (Å²) in [6.07, 6.45) is 0. The van der Waals surface area contributed by atoms with Gasteiger partial charge in [-0.05, 0) is 35.9 Å². The average Bonchev–Trinajstić information content (AvgIpc) is 2.43. The molecule has 2 aromatic rings. The molecule has 1 unspecified atom stereocenters. The second-order valence-corrected chi connectivity index (χ2v) is 5.25. The Hall–Kier alpha value is -1.81. The van der Waals surface area contributed by atoms with E-state index in [1.54, 1.807) is 0 Å². The maximum Gasteiger partial charge on any atom is 0.194 e. The van der Waals surface area contributed by atoms with Gasteiger partial charge in [-0.25, -0.2) is 13.2 Å². The van der Waals surface area contributed by atoms with E-state index in [1.807, 2.05) is 31.3 Å². The van der Waals surface area contributed by atoms with Gasteiger partial charge in [-0.1, -0.05) is 24.3 Å². The molecule has 0 spiro atoms. The van der Waals surface area contributed by atoms with Crippen LogP contribution in [0.25, 0.3) is 0 Å². The van der Waals surface area contributed by atoms with Crippen molar-refractivity contribution >= 4 is 0 Å². The number of fused-ring (bicyclic) bond motifs is 1. The monoisotopic (exact) mass is 277 g/mol. The first kappa shape index (κ1) is 13.2. The van der Waals surface area contributed by atoms with Gasteiger partial charge in [0.1, 0.15) is 0 Å². The third kappa shape index (κ3) is 2.20. The lowest BCUT2D eigenvalue weighted by atomic mass is 9.85. The third-order valence-corrected chi connectivity index (χ3v) is 3.77. The standard InChI is InChI=1S/C16H14F3N/c1-20-8-10-4-2-3-5-12(10)13(9-20)11-6-14(17)16(19)15(18)7-11/h2-7,13H,8-9H2,1H3. The smallest absolute Gasteiger partial charge is 0.194 e. The predicted octanol–water partition coefficient (Wildman–Crippen LogP) is 3.68. The number of benzene rings is 2. The zero-order chi connectivity index (χ0) is 14.3. The van der Waals surface area contributed by atoms with E-state index in [9.17, 15) is 13.2 Å². The van der Waals surface area contributed by atoms with Crippen molar-refractivity contribution in [3.63, 3.8) is 0 Å². The summed E-state index contributed by atoms with van der Waals surface area (Å²) in [5.41, 5.74) is 2.66. The molecule has 0 amide bonds. The van der Waals surface area contributed by atoms with Crippen LogP contribution in [0.4, 0.5) is 13.2 Å². The Morgan fingerprint density at radius 1 is 1.05 bits per heavy atom. The van der Waals surface area contributed by atoms with Crippen molar-refractivity contribution in [1.29, 1.82) is 0 Å². The van der Waals surface area contributed by atoms with Crippen molar-refractivity contribution in [2.45, 2.75) is 12.5 Å². The summed E-state index contributed by atoms with van der Waals surface area (Å²) in [6, 6.07) is 10.0. The molecule has 0 aromatic heterocycles. The lowest BCUT2D eigenvalue weighted by molar-refractivity contribution is 0.294. The van der Waals surface area contributed by atoms with E-state index in [4.69, 9.17) is 0 Å². The zero-order valence-corrected chi connectivity index (χ0v) is 11.0. The highest BCUT2D eigenvalue weighted by Crippen LogP contribution is 2.33. The van der Waals surface area contributed by atoms with Gasteiger partial charge in [0.05, 0.1) is 0 Å². The van der Waals surface area contributed by atoms with Gasteiger partial charge in [0.2, 0.25) is 0 Å². The second kappa shape index (κ2) is 4.94. The highest BCUT2D eigenvalue weighted by Gasteiger charge is 2.26. The van der Waals surface area contributed by atoms with Gasteiger partial charge in [0.25, 0.3) is 0 Å². The van der Waals surface area contributed by atoms with Crippen LogP contribution in [0.5, 0.6) is 0 Å². The first-order valence-corrected chi connectivity index (χ1v) is 6.47. The largest absolute Gasteiger partial charge is 0.301 e. The van der Waals surface area contributed by atoms with Gasteiger partial charge >= 0.3 is 0 Å². The Bertz CT molecular complexity index is 631. The van der Waals surface area contributed by atoms with E-state index < -0.39 is 17.5 Å². The summed E-state index contributed by atoms with van der Waals surface area (Å²) in [6.45, 7) is 1.46. The minimum Gasteiger partial charge on any atom is -0.301 e. The first-order chi connectivity index (χ1) is 9.56. The molecule has 0 bridgehead atoms. The van der Waals surface area contributed by atoms with E-state index in [0.29, 0.717) is 12.1 Å². The Morgan fingerprint density at radius 2 is 1.70 bits per heavy atom. The van der Waals surface area contributed by atoms with Gasteiger partial charge in [-0.3, -0.25) is 0 Å². The fourth-order valence-electron chi connectivity index (χ4n) is 2.84. The lowest BCUT2D eigenvalue weighted by Crippen LogP contribution is -2.31. The number of likely N-dealkylation sites (N-methyl/N-ethyl adjacent to an activating group) is 1. The molecule has 1 aliphatic rings. The number of hydrogen-bond donors (Lipinski definition) is 0. The summed E-state index contributed by atoms with van der Waals surface area (Å²) < 4.78 is 40.0. The van der Waals surface area contributed by atoms with Crippen molar-refractivity contribution in [2.24, 2.45) is 0 Å². The summed E-state index contributed by atoms with van der Waals surface area (Å²) in [4.78, 5) is 2.09. The fraction of sp³-hybridized carbons (Fsp3) is 0.250. The molecule has 104 valence electrons. The van der Waals surface area contributed by atoms with Crippen molar-refractivity contribution < 1.29 is 13.2 Å². The van der Waals surface area contributed by atoms with Gasteiger partial charge in [0, 0.05) is 19.0 Å². The summed E-state index contributed by atoms with van der Waals surface area (Å²) in [7, 11) is 1.96. The molecular formula is C16H14F3N. The summed E-state index contributed by atoms with van der Waals surface area (Å²) >= 11 is 0. The van der Waals surface area contributed by atoms with Crippen molar-refractivity contribution in [2.75, 3.05) is 13.6 Å². The van der Waals surface area contributed by atoms with Crippen molar-refractivity contribution in [3.8, 4) is 0 Å². The van der Waals surface area contributed by atoms with Crippen LogP contribution in [0.2, 0.25) is 0 Å². The molecule has 2 aromatic carbocycles. The molecule has 0 aliphatic carbocycles. The molecule has 1 heterocycles. The minimum atomic E-state index is -1.41. The highest BCUT2D eigenvalue weighted by atomic mass is 19.2. The van der Waals surface area contributed by atoms with Crippen LogP contribution >= 0.6 is 0 Å². The molecule has 0 saturated heterocycles. The van der Waals surface area contributed by atoms with Crippen LogP contribution in [-0.4, -0.2) is 18.5 Å². The van der Waals surface area contributed by atoms with Crippen LogP contribution in [0.15, 0.2) is 36.4 Å². The normalized spacial score (nSPS) is 18.9. The Balaban J connectivity index is 2.11. The molecule has 0 N–H and O–H groups in total. The van der Waals surface area contributed by atoms with E-state index in [0.717, 1.165) is 29.8 Å². The maximum absolute atomic E-state index is 13.4. The number of nitrogens with zero attached hydrogens (tertiary/aromatic N) is 1. The van der Waals surface area contributed by atoms with Crippen molar-refractivity contribution in [3.05, 3.63) is 70.5 Å². The van der Waals surface area contributed by atoms with E-state index >= 15 is 0 Å². The van der Waals surface area contributed by atoms with Gasteiger partial charge in [-0.15, -0.1) is 0 Å². The molecule has 1 atom stereocenters. The Labute approximate surface area is 115 Å². The Kier molecular flexibility index (Phi) is 3.26. The van der Waals surface area contributed by atoms with Crippen LogP contribution in [-0.2, 0) is 6.54 Å². The quantitative estimate of drug-likeness (QED) is 0.719. The van der Waals surface area contributed by atoms with E-state index in [1.165, 1.54) is 0 Å². The zero-order valence-electron chi connectivity index (χ0n) is 11.0. The number of rotatable bonds is 1. The SMILES string of the molecule is CN1Cc2ccccc2C(c2cc(F)c(F)c(F)c2)C1. The molecule has 0 saturated carbocycles. The first-order valence-electron chi connectivity index (χ1n) is 6.47. The minimum absolute atomic E-state index is 0.144. The van der Waals surface area contributed by atoms with E-state index in [2.05, 4.69) is 4.90 Å². The summed E-state index contributed by atoms with van der Waals surface area (Å²) in [5.74, 6) is -3.82. The number of hydrogen-bond acceptors (Lipinski definition) is 1. The molecule has 1 aliphatic heterocycles. The molecule has 20 heavy (non-hydrogen) atoms. The number of halogens is 3. The van der Waals surface area contributed by atoms with Gasteiger partial charge in [0.15, 0.2) is 17.5 Å². The summed E-state index contributed by atoms with van der Waals surface area (Å²) in [5, 5.41) is 0. The van der Waals surface area contributed by atoms with Crippen LogP contribution < -0.4 is 0 Å².